The fraction of sp³-hybridized carbons (Fsp3) is 0.900. The van der Waals surface area contributed by atoms with Crippen LogP contribution in [0.15, 0.2) is 0 Å². The van der Waals surface area contributed by atoms with Crippen molar-refractivity contribution in [1.29, 1.82) is 0 Å². The predicted molar refractivity (Wildman–Crippen MR) is 64.0 cm³/mol. The van der Waals surface area contributed by atoms with Crippen molar-refractivity contribution in [2.75, 3.05) is 32.1 Å². The molecule has 7 heteroatoms. The highest BCUT2D eigenvalue weighted by Gasteiger charge is 2.25. The molecule has 0 aliphatic carbocycles. The molecule has 0 saturated heterocycles. The van der Waals surface area contributed by atoms with Gasteiger partial charge in [0.2, 0.25) is 10.0 Å². The molecular formula is C10H21NO5S. The molecule has 0 aromatic carbocycles. The van der Waals surface area contributed by atoms with E-state index in [2.05, 4.69) is 4.74 Å². The van der Waals surface area contributed by atoms with Gasteiger partial charge in [0.15, 0.2) is 5.75 Å². The summed E-state index contributed by atoms with van der Waals surface area (Å²) < 4.78 is 29.4. The topological polar surface area (TPSA) is 83.9 Å². The van der Waals surface area contributed by atoms with Gasteiger partial charge < -0.3 is 9.84 Å². The van der Waals surface area contributed by atoms with E-state index in [4.69, 9.17) is 5.11 Å². The van der Waals surface area contributed by atoms with Gasteiger partial charge in [-0.25, -0.2) is 8.42 Å². The lowest BCUT2D eigenvalue weighted by Crippen LogP contribution is -2.38. The van der Waals surface area contributed by atoms with Crippen molar-refractivity contribution in [2.24, 2.45) is 0 Å². The first-order valence-corrected chi connectivity index (χ1v) is 7.33. The first kappa shape index (κ1) is 16.3. The molecule has 1 N–H and O–H groups in total. The van der Waals surface area contributed by atoms with Crippen LogP contribution in [0.3, 0.4) is 0 Å². The quantitative estimate of drug-likeness (QED) is 0.593. The zero-order valence-electron chi connectivity index (χ0n) is 10.4. The van der Waals surface area contributed by atoms with E-state index in [-0.39, 0.29) is 19.8 Å². The maximum atomic E-state index is 11.8. The molecule has 102 valence electrons. The summed E-state index contributed by atoms with van der Waals surface area (Å²) in [5.41, 5.74) is 0. The Morgan fingerprint density at radius 2 is 1.94 bits per heavy atom. The molecule has 0 rings (SSSR count). The Labute approximate surface area is 103 Å². The van der Waals surface area contributed by atoms with Crippen LogP contribution in [0.1, 0.15) is 26.7 Å². The van der Waals surface area contributed by atoms with Gasteiger partial charge in [0.25, 0.3) is 0 Å². The molecule has 0 bridgehead atoms. The van der Waals surface area contributed by atoms with E-state index in [0.717, 1.165) is 10.7 Å². The largest absolute Gasteiger partial charge is 0.465 e. The summed E-state index contributed by atoms with van der Waals surface area (Å²) in [4.78, 5) is 11.2. The van der Waals surface area contributed by atoms with E-state index in [1.54, 1.807) is 6.92 Å². The summed E-state index contributed by atoms with van der Waals surface area (Å²) in [7, 11) is -3.68. The van der Waals surface area contributed by atoms with E-state index >= 15 is 0 Å². The number of hydrogen-bond donors (Lipinski definition) is 1. The first-order chi connectivity index (χ1) is 7.97. The molecule has 0 atom stereocenters. The zero-order valence-corrected chi connectivity index (χ0v) is 11.2. The average Bonchev–Trinajstić information content (AvgIpc) is 2.23. The van der Waals surface area contributed by atoms with Crippen LogP contribution in [0.5, 0.6) is 0 Å². The minimum Gasteiger partial charge on any atom is -0.465 e. The number of hydrogen-bond acceptors (Lipinski definition) is 5. The average molecular weight is 267 g/mol. The van der Waals surface area contributed by atoms with Crippen molar-refractivity contribution in [1.82, 2.24) is 4.31 Å². The van der Waals surface area contributed by atoms with Crippen molar-refractivity contribution in [2.45, 2.75) is 26.7 Å². The SMILES string of the molecule is CCCCN(CCO)S(=O)(=O)CC(=O)OCC. The number of esters is 1. The Kier molecular flexibility index (Phi) is 8.11. The number of unbranched alkanes of at least 4 members (excludes halogenated alkanes) is 1. The number of carbonyl (C=O) groups excluding carboxylic acids is 1. The van der Waals surface area contributed by atoms with Crippen LogP contribution in [0.2, 0.25) is 0 Å². The van der Waals surface area contributed by atoms with E-state index in [1.165, 1.54) is 0 Å². The summed E-state index contributed by atoms with van der Waals surface area (Å²) >= 11 is 0. The van der Waals surface area contributed by atoms with Gasteiger partial charge in [0, 0.05) is 13.1 Å². The molecule has 0 spiro atoms. The predicted octanol–water partition coefficient (Wildman–Crippen LogP) is -0.0263. The van der Waals surface area contributed by atoms with Crippen LogP contribution < -0.4 is 0 Å². The van der Waals surface area contributed by atoms with Crippen molar-refractivity contribution >= 4 is 16.0 Å². The highest BCUT2D eigenvalue weighted by molar-refractivity contribution is 7.89. The summed E-state index contributed by atoms with van der Waals surface area (Å²) in [5, 5.41) is 8.81. The van der Waals surface area contributed by atoms with E-state index in [9.17, 15) is 13.2 Å². The zero-order chi connectivity index (χ0) is 13.3. The van der Waals surface area contributed by atoms with Gasteiger partial charge in [0.1, 0.15) is 0 Å². The molecule has 0 fully saturated rings. The lowest BCUT2D eigenvalue weighted by atomic mass is 10.3. The number of ether oxygens (including phenoxy) is 1. The standard InChI is InChI=1S/C10H21NO5S/c1-3-5-6-11(7-8-12)17(14,15)9-10(13)16-4-2/h12H,3-9H2,1-2H3. The number of nitrogens with zero attached hydrogens (tertiary/aromatic N) is 1. The third-order valence-corrected chi connectivity index (χ3v) is 3.86. The highest BCUT2D eigenvalue weighted by Crippen LogP contribution is 2.04. The molecule has 17 heavy (non-hydrogen) atoms. The smallest absolute Gasteiger partial charge is 0.322 e. The Balaban J connectivity index is 4.53. The van der Waals surface area contributed by atoms with Gasteiger partial charge >= 0.3 is 5.97 Å². The lowest BCUT2D eigenvalue weighted by molar-refractivity contribution is -0.140. The fourth-order valence-corrected chi connectivity index (χ4v) is 2.61. The molecule has 0 heterocycles. The molecule has 0 amide bonds. The van der Waals surface area contributed by atoms with Gasteiger partial charge in [-0.2, -0.15) is 4.31 Å². The van der Waals surface area contributed by atoms with Crippen LogP contribution >= 0.6 is 0 Å². The van der Waals surface area contributed by atoms with Gasteiger partial charge in [-0.15, -0.1) is 0 Å². The molecule has 0 saturated carbocycles. The number of aliphatic hydroxyl groups excluding tert-OH is 1. The van der Waals surface area contributed by atoms with Crippen molar-refractivity contribution in [3.63, 3.8) is 0 Å². The van der Waals surface area contributed by atoms with Gasteiger partial charge in [-0.3, -0.25) is 4.79 Å². The molecule has 0 aliphatic rings. The van der Waals surface area contributed by atoms with Gasteiger partial charge in [-0.1, -0.05) is 13.3 Å². The number of sulfonamides is 1. The van der Waals surface area contributed by atoms with Gasteiger partial charge in [0.05, 0.1) is 13.2 Å². The Morgan fingerprint density at radius 1 is 1.29 bits per heavy atom. The minimum absolute atomic E-state index is 0.0156. The van der Waals surface area contributed by atoms with Crippen molar-refractivity contribution in [3.8, 4) is 0 Å². The number of aliphatic hydroxyl groups is 1. The third kappa shape index (κ3) is 6.60. The highest BCUT2D eigenvalue weighted by atomic mass is 32.2. The summed E-state index contributed by atoms with van der Waals surface area (Å²) in [5.74, 6) is -1.42. The Bertz CT molecular complexity index is 315. The maximum Gasteiger partial charge on any atom is 0.322 e. The summed E-state index contributed by atoms with van der Waals surface area (Å²) in [6.07, 6.45) is 1.54. The van der Waals surface area contributed by atoms with Crippen LogP contribution in [-0.4, -0.2) is 55.9 Å². The fourth-order valence-electron chi connectivity index (χ4n) is 1.28. The lowest BCUT2D eigenvalue weighted by Gasteiger charge is -2.20. The third-order valence-electron chi connectivity index (χ3n) is 2.11. The second-order valence-corrected chi connectivity index (χ2v) is 5.51. The molecular weight excluding hydrogens is 246 g/mol. The molecule has 0 aliphatic heterocycles. The van der Waals surface area contributed by atoms with Crippen LogP contribution in [0.25, 0.3) is 0 Å². The van der Waals surface area contributed by atoms with Crippen molar-refractivity contribution < 1.29 is 23.1 Å². The van der Waals surface area contributed by atoms with E-state index in [1.807, 2.05) is 6.92 Å². The van der Waals surface area contributed by atoms with Gasteiger partial charge in [-0.05, 0) is 13.3 Å². The van der Waals surface area contributed by atoms with E-state index < -0.39 is 21.7 Å². The van der Waals surface area contributed by atoms with Crippen LogP contribution in [-0.2, 0) is 19.6 Å². The normalized spacial score (nSPS) is 11.8. The molecule has 0 radical (unpaired) electrons. The van der Waals surface area contributed by atoms with Crippen molar-refractivity contribution in [3.05, 3.63) is 0 Å². The first-order valence-electron chi connectivity index (χ1n) is 5.72. The second kappa shape index (κ2) is 8.43. The minimum atomic E-state index is -3.68. The van der Waals surface area contributed by atoms with Crippen LogP contribution in [0.4, 0.5) is 0 Å². The van der Waals surface area contributed by atoms with E-state index in [0.29, 0.717) is 13.0 Å². The molecule has 0 aromatic rings. The number of carbonyl (C=O) groups is 1. The molecule has 6 nitrogen and oxygen atoms in total. The summed E-state index contributed by atoms with van der Waals surface area (Å²) in [6.45, 7) is 3.79. The Hall–Kier alpha value is -0.660. The second-order valence-electron chi connectivity index (χ2n) is 3.54. The molecule has 0 aromatic heterocycles. The van der Waals surface area contributed by atoms with Crippen LogP contribution in [0, 0.1) is 0 Å². The maximum absolute atomic E-state index is 11.8. The monoisotopic (exact) mass is 267 g/mol. The Morgan fingerprint density at radius 3 is 2.41 bits per heavy atom. The molecule has 0 unspecified atom stereocenters. The number of rotatable bonds is 9. The summed E-state index contributed by atoms with van der Waals surface area (Å²) in [6, 6.07) is 0.